The molecule has 0 bridgehead atoms. The molecule has 0 unspecified atom stereocenters. The number of amides is 1. The molecule has 2 heterocycles. The lowest BCUT2D eigenvalue weighted by Crippen LogP contribution is -2.14. The minimum Gasteiger partial charge on any atom is -0.401 e. The second-order valence-electron chi connectivity index (χ2n) is 6.81. The zero-order valence-electron chi connectivity index (χ0n) is 15.4. The molecule has 3 aromatic rings. The fourth-order valence-electron chi connectivity index (χ4n) is 2.49. The Balaban J connectivity index is 1.62. The van der Waals surface area contributed by atoms with Gasteiger partial charge in [0.05, 0.1) is 6.42 Å². The van der Waals surface area contributed by atoms with E-state index in [9.17, 15) is 4.79 Å². The van der Waals surface area contributed by atoms with Crippen LogP contribution in [0.3, 0.4) is 0 Å². The maximum absolute atomic E-state index is 12.2. The molecule has 0 fully saturated rings. The second kappa shape index (κ2) is 7.51. The van der Waals surface area contributed by atoms with Crippen LogP contribution < -0.4 is 5.32 Å². The predicted molar refractivity (Wildman–Crippen MR) is 98.8 cm³/mol. The van der Waals surface area contributed by atoms with Crippen molar-refractivity contribution in [2.45, 2.75) is 46.1 Å². The summed E-state index contributed by atoms with van der Waals surface area (Å²) in [5.74, 6) is 0.542. The lowest BCUT2D eigenvalue weighted by atomic mass is 10.0. The first-order valence-corrected chi connectivity index (χ1v) is 8.70. The maximum atomic E-state index is 12.2. The minimum absolute atomic E-state index is 0.0721. The number of anilines is 1. The van der Waals surface area contributed by atoms with Crippen LogP contribution in [-0.4, -0.2) is 25.9 Å². The van der Waals surface area contributed by atoms with Gasteiger partial charge in [0.15, 0.2) is 0 Å². The molecule has 0 saturated heterocycles. The van der Waals surface area contributed by atoms with Crippen LogP contribution in [0, 0.1) is 0 Å². The molecule has 1 N–H and O–H groups in total. The molecule has 26 heavy (non-hydrogen) atoms. The fraction of sp³-hybridized carbons (Fsp3) is 0.368. The summed E-state index contributed by atoms with van der Waals surface area (Å²) in [5, 5.41) is 14.8. The van der Waals surface area contributed by atoms with Crippen LogP contribution in [0.4, 0.5) is 6.01 Å². The summed E-state index contributed by atoms with van der Waals surface area (Å²) in [6.45, 7) is 8.34. The SMILES string of the molecule is CC(C)c1ccc(CC(=O)Nc2nnc(-c3ccn(C(C)C)n3)o2)cc1. The van der Waals surface area contributed by atoms with Gasteiger partial charge in [-0.25, -0.2) is 0 Å². The number of hydrogen-bond acceptors (Lipinski definition) is 5. The number of benzene rings is 1. The third-order valence-electron chi connectivity index (χ3n) is 4.04. The Morgan fingerprint density at radius 2 is 1.85 bits per heavy atom. The van der Waals surface area contributed by atoms with E-state index in [4.69, 9.17) is 4.42 Å². The van der Waals surface area contributed by atoms with Crippen LogP contribution in [-0.2, 0) is 11.2 Å². The van der Waals surface area contributed by atoms with Crippen molar-refractivity contribution in [2.75, 3.05) is 5.32 Å². The zero-order chi connectivity index (χ0) is 18.7. The van der Waals surface area contributed by atoms with Gasteiger partial charge in [-0.3, -0.25) is 14.8 Å². The van der Waals surface area contributed by atoms with Crippen LogP contribution >= 0.6 is 0 Å². The van der Waals surface area contributed by atoms with Crippen molar-refractivity contribution in [3.8, 4) is 11.6 Å². The number of aromatic nitrogens is 4. The van der Waals surface area contributed by atoms with Crippen molar-refractivity contribution < 1.29 is 9.21 Å². The normalized spacial score (nSPS) is 11.3. The van der Waals surface area contributed by atoms with E-state index in [1.54, 1.807) is 10.7 Å². The van der Waals surface area contributed by atoms with Crippen LogP contribution in [0.25, 0.3) is 11.6 Å². The Kier molecular flexibility index (Phi) is 5.16. The van der Waals surface area contributed by atoms with Gasteiger partial charge in [-0.15, -0.1) is 5.10 Å². The molecule has 0 saturated carbocycles. The minimum atomic E-state index is -0.204. The Morgan fingerprint density at radius 1 is 1.12 bits per heavy atom. The molecule has 1 amide bonds. The van der Waals surface area contributed by atoms with Gasteiger partial charge in [0.25, 0.3) is 5.89 Å². The number of nitrogens with one attached hydrogen (secondary N) is 1. The smallest absolute Gasteiger partial charge is 0.322 e. The number of rotatable bonds is 6. The third kappa shape index (κ3) is 4.17. The lowest BCUT2D eigenvalue weighted by Gasteiger charge is -2.06. The van der Waals surface area contributed by atoms with Crippen molar-refractivity contribution in [3.05, 3.63) is 47.7 Å². The Morgan fingerprint density at radius 3 is 2.46 bits per heavy atom. The average Bonchev–Trinajstić information content (AvgIpc) is 3.24. The summed E-state index contributed by atoms with van der Waals surface area (Å²) in [6, 6.07) is 10.1. The Labute approximate surface area is 152 Å². The Bertz CT molecular complexity index is 877. The molecule has 0 aliphatic heterocycles. The number of nitrogens with zero attached hydrogens (tertiary/aromatic N) is 4. The second-order valence-corrected chi connectivity index (χ2v) is 6.81. The van der Waals surface area contributed by atoms with E-state index >= 15 is 0 Å². The first-order chi connectivity index (χ1) is 12.4. The van der Waals surface area contributed by atoms with Crippen molar-refractivity contribution in [3.63, 3.8) is 0 Å². The average molecular weight is 353 g/mol. The summed E-state index contributed by atoms with van der Waals surface area (Å²) in [6.07, 6.45) is 2.10. The molecule has 7 nitrogen and oxygen atoms in total. The van der Waals surface area contributed by atoms with Gasteiger partial charge in [-0.2, -0.15) is 5.10 Å². The maximum Gasteiger partial charge on any atom is 0.322 e. The van der Waals surface area contributed by atoms with E-state index in [0.717, 1.165) is 5.56 Å². The molecule has 3 rings (SSSR count). The predicted octanol–water partition coefficient (Wildman–Crippen LogP) is 3.82. The van der Waals surface area contributed by atoms with Crippen LogP contribution in [0.1, 0.15) is 50.8 Å². The summed E-state index contributed by atoms with van der Waals surface area (Å²) in [4.78, 5) is 12.2. The molecule has 0 aliphatic carbocycles. The summed E-state index contributed by atoms with van der Waals surface area (Å²) >= 11 is 0. The fourth-order valence-corrected chi connectivity index (χ4v) is 2.49. The molecule has 0 radical (unpaired) electrons. The number of hydrogen-bond donors (Lipinski definition) is 1. The quantitative estimate of drug-likeness (QED) is 0.728. The van der Waals surface area contributed by atoms with E-state index in [1.807, 2.05) is 44.3 Å². The molecule has 0 spiro atoms. The van der Waals surface area contributed by atoms with E-state index in [1.165, 1.54) is 5.56 Å². The van der Waals surface area contributed by atoms with E-state index < -0.39 is 0 Å². The largest absolute Gasteiger partial charge is 0.401 e. The van der Waals surface area contributed by atoms with E-state index in [-0.39, 0.29) is 30.3 Å². The molecule has 0 atom stereocenters. The molecular formula is C19H23N5O2. The number of carbonyl (C=O) groups excluding carboxylic acids is 1. The van der Waals surface area contributed by atoms with Gasteiger partial charge < -0.3 is 4.42 Å². The summed E-state index contributed by atoms with van der Waals surface area (Å²) < 4.78 is 7.30. The van der Waals surface area contributed by atoms with Crippen LogP contribution in [0.5, 0.6) is 0 Å². The van der Waals surface area contributed by atoms with Crippen molar-refractivity contribution in [1.82, 2.24) is 20.0 Å². The molecule has 1 aromatic carbocycles. The number of carbonyl (C=O) groups is 1. The molecule has 7 heteroatoms. The third-order valence-corrected chi connectivity index (χ3v) is 4.04. The standard InChI is InChI=1S/C19H23N5O2/c1-12(2)15-7-5-14(6-8-15)11-17(25)20-19-22-21-18(26-19)16-9-10-24(23-16)13(3)4/h5-10,12-13H,11H2,1-4H3,(H,20,22,25). The molecular weight excluding hydrogens is 330 g/mol. The highest BCUT2D eigenvalue weighted by Gasteiger charge is 2.14. The van der Waals surface area contributed by atoms with Gasteiger partial charge in [-0.05, 0) is 37.0 Å². The molecule has 2 aromatic heterocycles. The highest BCUT2D eigenvalue weighted by molar-refractivity contribution is 5.90. The van der Waals surface area contributed by atoms with Crippen molar-refractivity contribution in [1.29, 1.82) is 0 Å². The van der Waals surface area contributed by atoms with E-state index in [2.05, 4.69) is 34.5 Å². The van der Waals surface area contributed by atoms with Crippen LogP contribution in [0.2, 0.25) is 0 Å². The topological polar surface area (TPSA) is 85.8 Å². The van der Waals surface area contributed by atoms with Gasteiger partial charge in [0.1, 0.15) is 5.69 Å². The van der Waals surface area contributed by atoms with Gasteiger partial charge in [0, 0.05) is 12.2 Å². The first-order valence-electron chi connectivity index (χ1n) is 8.70. The first kappa shape index (κ1) is 17.8. The van der Waals surface area contributed by atoms with Crippen molar-refractivity contribution >= 4 is 11.9 Å². The Hall–Kier alpha value is -2.96. The zero-order valence-corrected chi connectivity index (χ0v) is 15.4. The van der Waals surface area contributed by atoms with Gasteiger partial charge in [-0.1, -0.05) is 43.2 Å². The van der Waals surface area contributed by atoms with Crippen molar-refractivity contribution in [2.24, 2.45) is 0 Å². The van der Waals surface area contributed by atoms with Gasteiger partial charge in [0.2, 0.25) is 5.91 Å². The summed E-state index contributed by atoms with van der Waals surface area (Å²) in [5.41, 5.74) is 2.76. The summed E-state index contributed by atoms with van der Waals surface area (Å²) in [7, 11) is 0. The van der Waals surface area contributed by atoms with Crippen LogP contribution in [0.15, 0.2) is 40.9 Å². The van der Waals surface area contributed by atoms with E-state index in [0.29, 0.717) is 11.6 Å². The highest BCUT2D eigenvalue weighted by Crippen LogP contribution is 2.19. The molecule has 136 valence electrons. The molecule has 0 aliphatic rings. The van der Waals surface area contributed by atoms with Gasteiger partial charge >= 0.3 is 6.01 Å². The highest BCUT2D eigenvalue weighted by atomic mass is 16.4. The lowest BCUT2D eigenvalue weighted by molar-refractivity contribution is -0.115. The monoisotopic (exact) mass is 353 g/mol.